The number of amides is 1. The van der Waals surface area contributed by atoms with Crippen molar-refractivity contribution in [2.75, 3.05) is 5.32 Å². The van der Waals surface area contributed by atoms with Gasteiger partial charge in [-0.1, -0.05) is 72.3 Å². The summed E-state index contributed by atoms with van der Waals surface area (Å²) in [6.07, 6.45) is 0. The van der Waals surface area contributed by atoms with Gasteiger partial charge in [-0.3, -0.25) is 4.79 Å². The molecule has 0 fully saturated rings. The van der Waals surface area contributed by atoms with Crippen LogP contribution in [0.2, 0.25) is 5.02 Å². The molecule has 1 N–H and O–H groups in total. The summed E-state index contributed by atoms with van der Waals surface area (Å²) in [6, 6.07) is 26.0. The van der Waals surface area contributed by atoms with Crippen LogP contribution in [0, 0.1) is 0 Å². The first-order chi connectivity index (χ1) is 13.2. The van der Waals surface area contributed by atoms with Crippen molar-refractivity contribution in [2.24, 2.45) is 0 Å². The minimum absolute atomic E-state index is 0.227. The molecule has 0 aliphatic heterocycles. The molecule has 1 heterocycles. The van der Waals surface area contributed by atoms with Crippen molar-refractivity contribution in [1.82, 2.24) is 15.0 Å². The Hall–Kier alpha value is -3.44. The predicted molar refractivity (Wildman–Crippen MR) is 106 cm³/mol. The first-order valence-corrected chi connectivity index (χ1v) is 8.74. The number of carbonyl (C=O) groups is 1. The molecule has 0 atom stereocenters. The molecular weight excluding hydrogens is 360 g/mol. The molecule has 4 rings (SSSR count). The molecule has 4 aromatic rings. The zero-order valence-corrected chi connectivity index (χ0v) is 15.0. The van der Waals surface area contributed by atoms with Crippen LogP contribution < -0.4 is 5.32 Å². The maximum absolute atomic E-state index is 12.9. The molecule has 5 nitrogen and oxygen atoms in total. The second-order valence-electron chi connectivity index (χ2n) is 5.82. The summed E-state index contributed by atoms with van der Waals surface area (Å²) < 4.78 is 0. The smallest absolute Gasteiger partial charge is 0.278 e. The Labute approximate surface area is 161 Å². The van der Waals surface area contributed by atoms with E-state index in [0.717, 1.165) is 11.3 Å². The molecule has 1 aromatic heterocycles. The fourth-order valence-corrected chi connectivity index (χ4v) is 2.85. The van der Waals surface area contributed by atoms with Crippen LogP contribution in [0.15, 0.2) is 84.9 Å². The summed E-state index contributed by atoms with van der Waals surface area (Å²) in [7, 11) is 0. The van der Waals surface area contributed by atoms with E-state index in [0.29, 0.717) is 16.4 Å². The Kier molecular flexibility index (Phi) is 4.68. The largest absolute Gasteiger partial charge is 0.319 e. The molecule has 6 heteroatoms. The molecule has 0 bridgehead atoms. The minimum atomic E-state index is -0.371. The first-order valence-electron chi connectivity index (χ1n) is 8.36. The third-order valence-corrected chi connectivity index (χ3v) is 4.31. The Balaban J connectivity index is 1.77. The van der Waals surface area contributed by atoms with E-state index in [4.69, 9.17) is 11.6 Å². The lowest BCUT2D eigenvalue weighted by molar-refractivity contribution is 0.102. The van der Waals surface area contributed by atoms with E-state index >= 15 is 0 Å². The van der Waals surface area contributed by atoms with Crippen molar-refractivity contribution in [3.8, 4) is 16.9 Å². The van der Waals surface area contributed by atoms with Gasteiger partial charge in [-0.15, -0.1) is 10.2 Å². The van der Waals surface area contributed by atoms with Crippen LogP contribution in [0.25, 0.3) is 16.9 Å². The van der Waals surface area contributed by atoms with Crippen LogP contribution in [0.5, 0.6) is 0 Å². The number of anilines is 1. The number of para-hydroxylation sites is 2. The second-order valence-corrected chi connectivity index (χ2v) is 6.23. The number of nitrogens with one attached hydrogen (secondary N) is 1. The van der Waals surface area contributed by atoms with Crippen LogP contribution >= 0.6 is 11.6 Å². The van der Waals surface area contributed by atoms with Gasteiger partial charge in [-0.2, -0.15) is 4.80 Å². The molecule has 0 aliphatic carbocycles. The lowest BCUT2D eigenvalue weighted by Crippen LogP contribution is -2.14. The van der Waals surface area contributed by atoms with Crippen LogP contribution in [0.4, 0.5) is 5.69 Å². The molecule has 1 amide bonds. The topological polar surface area (TPSA) is 59.8 Å². The van der Waals surface area contributed by atoms with Gasteiger partial charge in [0.25, 0.3) is 5.91 Å². The van der Waals surface area contributed by atoms with Crippen LogP contribution in [-0.2, 0) is 0 Å². The second kappa shape index (κ2) is 7.43. The van der Waals surface area contributed by atoms with Crippen LogP contribution in [-0.4, -0.2) is 20.9 Å². The van der Waals surface area contributed by atoms with E-state index in [-0.39, 0.29) is 11.6 Å². The summed E-state index contributed by atoms with van der Waals surface area (Å²) in [5.41, 5.74) is 2.84. The third-order valence-electron chi connectivity index (χ3n) is 3.99. The lowest BCUT2D eigenvalue weighted by atomic mass is 10.1. The number of hydrogen-bond acceptors (Lipinski definition) is 3. The molecule has 132 valence electrons. The highest BCUT2D eigenvalue weighted by Gasteiger charge is 2.21. The maximum atomic E-state index is 12.9. The van der Waals surface area contributed by atoms with Gasteiger partial charge in [0.1, 0.15) is 5.69 Å². The third kappa shape index (κ3) is 3.59. The zero-order valence-electron chi connectivity index (χ0n) is 14.2. The number of rotatable bonds is 4. The number of carbonyl (C=O) groups excluding carboxylic acids is 1. The highest BCUT2D eigenvalue weighted by molar-refractivity contribution is 6.33. The fraction of sp³-hybridized carbons (Fsp3) is 0. The van der Waals surface area contributed by atoms with Gasteiger partial charge in [0.05, 0.1) is 16.4 Å². The minimum Gasteiger partial charge on any atom is -0.319 e. The Bertz CT molecular complexity index is 1080. The molecule has 0 saturated carbocycles. The van der Waals surface area contributed by atoms with Crippen LogP contribution in [0.1, 0.15) is 10.5 Å². The van der Waals surface area contributed by atoms with Gasteiger partial charge in [-0.05, 0) is 24.3 Å². The lowest BCUT2D eigenvalue weighted by Gasteiger charge is -2.06. The van der Waals surface area contributed by atoms with Crippen molar-refractivity contribution >= 4 is 23.2 Å². The van der Waals surface area contributed by atoms with Gasteiger partial charge in [0.15, 0.2) is 5.69 Å². The standard InChI is InChI=1S/C21H15ClN4O/c22-17-13-7-8-14-18(17)23-21(27)20-19(15-9-3-1-4-10-15)24-26(25-20)16-11-5-2-6-12-16/h1-14H,(H,23,27). The summed E-state index contributed by atoms with van der Waals surface area (Å²) in [5.74, 6) is -0.371. The Morgan fingerprint density at radius 2 is 1.44 bits per heavy atom. The van der Waals surface area contributed by atoms with Gasteiger partial charge in [-0.25, -0.2) is 0 Å². The molecule has 0 aliphatic rings. The molecule has 0 spiro atoms. The van der Waals surface area contributed by atoms with Gasteiger partial charge < -0.3 is 5.32 Å². The van der Waals surface area contributed by atoms with Gasteiger partial charge in [0, 0.05) is 5.56 Å². The van der Waals surface area contributed by atoms with E-state index in [2.05, 4.69) is 15.5 Å². The van der Waals surface area contributed by atoms with Gasteiger partial charge >= 0.3 is 0 Å². The monoisotopic (exact) mass is 374 g/mol. The summed E-state index contributed by atoms with van der Waals surface area (Å²) in [4.78, 5) is 14.4. The average Bonchev–Trinajstić information content (AvgIpc) is 3.17. The number of nitrogens with zero attached hydrogens (tertiary/aromatic N) is 3. The summed E-state index contributed by atoms with van der Waals surface area (Å²) in [6.45, 7) is 0. The molecule has 0 saturated heterocycles. The van der Waals surface area contributed by atoms with Gasteiger partial charge in [0.2, 0.25) is 0 Å². The Morgan fingerprint density at radius 3 is 2.15 bits per heavy atom. The molecular formula is C21H15ClN4O. The van der Waals surface area contributed by atoms with Crippen molar-refractivity contribution < 1.29 is 4.79 Å². The number of aromatic nitrogens is 3. The summed E-state index contributed by atoms with van der Waals surface area (Å²) in [5, 5.41) is 12.3. The first kappa shape index (κ1) is 17.0. The number of benzene rings is 3. The highest BCUT2D eigenvalue weighted by Crippen LogP contribution is 2.25. The zero-order chi connectivity index (χ0) is 18.6. The maximum Gasteiger partial charge on any atom is 0.278 e. The SMILES string of the molecule is O=C(Nc1ccccc1Cl)c1nn(-c2ccccc2)nc1-c1ccccc1. The quantitative estimate of drug-likeness (QED) is 0.556. The van der Waals surface area contributed by atoms with Crippen LogP contribution in [0.3, 0.4) is 0 Å². The van der Waals surface area contributed by atoms with Crippen molar-refractivity contribution in [2.45, 2.75) is 0 Å². The normalized spacial score (nSPS) is 10.6. The van der Waals surface area contributed by atoms with E-state index in [1.54, 1.807) is 24.3 Å². The van der Waals surface area contributed by atoms with Crippen molar-refractivity contribution in [3.63, 3.8) is 0 Å². The molecule has 3 aromatic carbocycles. The number of hydrogen-bond donors (Lipinski definition) is 1. The van der Waals surface area contributed by atoms with E-state index in [9.17, 15) is 4.79 Å². The highest BCUT2D eigenvalue weighted by atomic mass is 35.5. The van der Waals surface area contributed by atoms with Crippen molar-refractivity contribution in [1.29, 1.82) is 0 Å². The predicted octanol–water partition coefficient (Wildman–Crippen LogP) is 4.84. The molecule has 27 heavy (non-hydrogen) atoms. The Morgan fingerprint density at radius 1 is 0.815 bits per heavy atom. The molecule has 0 radical (unpaired) electrons. The fourth-order valence-electron chi connectivity index (χ4n) is 2.67. The molecule has 0 unspecified atom stereocenters. The number of halogens is 1. The van der Waals surface area contributed by atoms with E-state index < -0.39 is 0 Å². The van der Waals surface area contributed by atoms with E-state index in [1.807, 2.05) is 60.7 Å². The average molecular weight is 375 g/mol. The van der Waals surface area contributed by atoms with E-state index in [1.165, 1.54) is 4.80 Å². The summed E-state index contributed by atoms with van der Waals surface area (Å²) >= 11 is 6.16. The van der Waals surface area contributed by atoms with Crippen molar-refractivity contribution in [3.05, 3.63) is 95.6 Å².